The molecular weight excluding hydrogens is 382 g/mol. The van der Waals surface area contributed by atoms with Crippen LogP contribution in [-0.2, 0) is 25.9 Å². The van der Waals surface area contributed by atoms with Crippen molar-refractivity contribution in [1.82, 2.24) is 5.32 Å². The fraction of sp³-hybridized carbons (Fsp3) is 0.650. The van der Waals surface area contributed by atoms with Crippen LogP contribution in [0.5, 0.6) is 11.5 Å². The van der Waals surface area contributed by atoms with Crippen molar-refractivity contribution in [2.45, 2.75) is 51.7 Å². The first-order valence-corrected chi connectivity index (χ1v) is 11.6. The molecule has 1 aromatic rings. The smallest absolute Gasteiger partial charge is 0.235 e. The van der Waals surface area contributed by atoms with Crippen LogP contribution in [0.25, 0.3) is 0 Å². The van der Waals surface area contributed by atoms with Gasteiger partial charge in [-0.15, -0.1) is 0 Å². The van der Waals surface area contributed by atoms with E-state index in [-0.39, 0.29) is 18.4 Å². The molecule has 0 bridgehead atoms. The van der Waals surface area contributed by atoms with Crippen molar-refractivity contribution in [2.24, 2.45) is 0 Å². The van der Waals surface area contributed by atoms with Gasteiger partial charge in [-0.25, -0.2) is 8.42 Å². The van der Waals surface area contributed by atoms with E-state index in [1.54, 1.807) is 19.2 Å². The fourth-order valence-corrected chi connectivity index (χ4v) is 4.29. The van der Waals surface area contributed by atoms with E-state index >= 15 is 0 Å². The highest BCUT2D eigenvalue weighted by molar-refractivity contribution is 7.92. The average molecular weight is 414 g/mol. The second kappa shape index (κ2) is 11.3. The van der Waals surface area contributed by atoms with Gasteiger partial charge in [0.1, 0.15) is 12.4 Å². The van der Waals surface area contributed by atoms with Crippen LogP contribution in [-0.4, -0.2) is 52.3 Å². The summed E-state index contributed by atoms with van der Waals surface area (Å²) in [6.45, 7) is 3.48. The lowest BCUT2D eigenvalue weighted by atomic mass is 10.2. The number of rotatable bonds is 12. The predicted molar refractivity (Wildman–Crippen MR) is 107 cm³/mol. The van der Waals surface area contributed by atoms with Gasteiger partial charge in [-0.1, -0.05) is 25.8 Å². The Morgan fingerprint density at radius 3 is 2.79 bits per heavy atom. The molecule has 1 N–H and O–H groups in total. The third-order valence-corrected chi connectivity index (χ3v) is 6.19. The molecule has 1 heterocycles. The van der Waals surface area contributed by atoms with Crippen LogP contribution >= 0.6 is 0 Å². The molecular formula is C20H31NO6S. The minimum Gasteiger partial charge on any atom is -0.493 e. The van der Waals surface area contributed by atoms with E-state index in [0.29, 0.717) is 24.5 Å². The number of amides is 1. The number of hydrogen-bond donors (Lipinski definition) is 1. The molecule has 7 nitrogen and oxygen atoms in total. The highest BCUT2D eigenvalue weighted by atomic mass is 32.2. The number of nitrogens with one attached hydrogen (secondary N) is 1. The van der Waals surface area contributed by atoms with Gasteiger partial charge in [0.05, 0.1) is 19.0 Å². The van der Waals surface area contributed by atoms with E-state index < -0.39 is 21.5 Å². The molecule has 1 atom stereocenters. The van der Waals surface area contributed by atoms with Gasteiger partial charge < -0.3 is 19.5 Å². The van der Waals surface area contributed by atoms with E-state index in [0.717, 1.165) is 37.9 Å². The van der Waals surface area contributed by atoms with Gasteiger partial charge in [-0.05, 0) is 37.0 Å². The van der Waals surface area contributed by atoms with Crippen molar-refractivity contribution in [3.63, 3.8) is 0 Å². The number of sulfone groups is 1. The van der Waals surface area contributed by atoms with Crippen LogP contribution in [0.1, 0.15) is 44.6 Å². The topological polar surface area (TPSA) is 90.9 Å². The first-order valence-electron chi connectivity index (χ1n) is 9.82. The molecule has 0 aliphatic carbocycles. The van der Waals surface area contributed by atoms with Gasteiger partial charge in [0.25, 0.3) is 0 Å². The quantitative estimate of drug-likeness (QED) is 0.530. The van der Waals surface area contributed by atoms with Crippen molar-refractivity contribution in [3.8, 4) is 11.5 Å². The Kier molecular flexibility index (Phi) is 9.05. The lowest BCUT2D eigenvalue weighted by Crippen LogP contribution is -2.30. The number of methoxy groups -OCH3 is 1. The lowest BCUT2D eigenvalue weighted by Gasteiger charge is -2.15. The van der Waals surface area contributed by atoms with Crippen molar-refractivity contribution >= 4 is 15.7 Å². The third kappa shape index (κ3) is 7.67. The van der Waals surface area contributed by atoms with Crippen LogP contribution in [0.3, 0.4) is 0 Å². The van der Waals surface area contributed by atoms with Crippen molar-refractivity contribution in [3.05, 3.63) is 23.8 Å². The summed E-state index contributed by atoms with van der Waals surface area (Å²) in [5, 5.41) is 2.66. The Labute approximate surface area is 167 Å². The van der Waals surface area contributed by atoms with Gasteiger partial charge in [-0.3, -0.25) is 4.79 Å². The molecule has 8 heteroatoms. The largest absolute Gasteiger partial charge is 0.493 e. The molecule has 1 aliphatic rings. The Hall–Kier alpha value is -1.80. The molecule has 1 fully saturated rings. The SMILES string of the molecule is CCCCCS(=O)(=O)CC(=O)NCc1ccc(OCC2CCCO2)c(OC)c1. The van der Waals surface area contributed by atoms with E-state index in [1.165, 1.54) is 0 Å². The maximum absolute atomic E-state index is 12.0. The second-order valence-corrected chi connectivity index (χ2v) is 9.19. The highest BCUT2D eigenvalue weighted by Crippen LogP contribution is 2.29. The zero-order chi connectivity index (χ0) is 20.4. The van der Waals surface area contributed by atoms with Crippen molar-refractivity contribution < 1.29 is 27.4 Å². The molecule has 1 amide bonds. The van der Waals surface area contributed by atoms with Crippen molar-refractivity contribution in [2.75, 3.05) is 31.8 Å². The van der Waals surface area contributed by atoms with Crippen molar-refractivity contribution in [1.29, 1.82) is 0 Å². The number of hydrogen-bond acceptors (Lipinski definition) is 6. The first kappa shape index (κ1) is 22.5. The van der Waals surface area contributed by atoms with Gasteiger partial charge in [0.15, 0.2) is 21.3 Å². The number of benzene rings is 1. The summed E-state index contributed by atoms with van der Waals surface area (Å²) in [6, 6.07) is 5.39. The minimum atomic E-state index is -3.36. The number of unbranched alkanes of at least 4 members (excludes halogenated alkanes) is 2. The minimum absolute atomic E-state index is 0.0544. The van der Waals surface area contributed by atoms with Crippen LogP contribution < -0.4 is 14.8 Å². The van der Waals surface area contributed by atoms with E-state index in [1.807, 2.05) is 13.0 Å². The summed E-state index contributed by atoms with van der Waals surface area (Å²) in [4.78, 5) is 12.0. The molecule has 2 rings (SSSR count). The van der Waals surface area contributed by atoms with Gasteiger partial charge in [0.2, 0.25) is 5.91 Å². The fourth-order valence-electron chi connectivity index (χ4n) is 3.00. The number of carbonyl (C=O) groups is 1. The van der Waals surface area contributed by atoms with Gasteiger partial charge in [-0.2, -0.15) is 0 Å². The molecule has 158 valence electrons. The Bertz CT molecular complexity index is 728. The zero-order valence-corrected chi connectivity index (χ0v) is 17.6. The third-order valence-electron chi connectivity index (χ3n) is 4.58. The molecule has 28 heavy (non-hydrogen) atoms. The molecule has 0 radical (unpaired) electrons. The molecule has 1 aromatic carbocycles. The summed E-state index contributed by atoms with van der Waals surface area (Å²) in [6.07, 6.45) is 4.55. The summed E-state index contributed by atoms with van der Waals surface area (Å²) in [5.41, 5.74) is 0.804. The first-order chi connectivity index (χ1) is 13.4. The van der Waals surface area contributed by atoms with Crippen LogP contribution in [0, 0.1) is 0 Å². The van der Waals surface area contributed by atoms with Gasteiger partial charge >= 0.3 is 0 Å². The average Bonchev–Trinajstić information content (AvgIpc) is 3.18. The summed E-state index contributed by atoms with van der Waals surface area (Å²) >= 11 is 0. The Morgan fingerprint density at radius 1 is 1.29 bits per heavy atom. The highest BCUT2D eigenvalue weighted by Gasteiger charge is 2.18. The zero-order valence-electron chi connectivity index (χ0n) is 16.7. The molecule has 1 saturated heterocycles. The predicted octanol–water partition coefficient (Wildman–Crippen LogP) is 2.47. The van der Waals surface area contributed by atoms with E-state index in [2.05, 4.69) is 5.32 Å². The van der Waals surface area contributed by atoms with E-state index in [4.69, 9.17) is 14.2 Å². The number of carbonyl (C=O) groups excluding carboxylic acids is 1. The van der Waals surface area contributed by atoms with Crippen LogP contribution in [0.15, 0.2) is 18.2 Å². The normalized spacial score (nSPS) is 16.7. The summed E-state index contributed by atoms with van der Waals surface area (Å²) in [7, 11) is -1.81. The maximum Gasteiger partial charge on any atom is 0.235 e. The monoisotopic (exact) mass is 413 g/mol. The molecule has 0 aromatic heterocycles. The van der Waals surface area contributed by atoms with Gasteiger partial charge in [0, 0.05) is 13.2 Å². The molecule has 1 aliphatic heterocycles. The second-order valence-electron chi connectivity index (χ2n) is 7.01. The Balaban J connectivity index is 1.83. The standard InChI is InChI=1S/C20H31NO6S/c1-3-4-5-11-28(23,24)15-20(22)21-13-16-8-9-18(19(12-16)25-2)27-14-17-7-6-10-26-17/h8-9,12,17H,3-7,10-11,13-15H2,1-2H3,(H,21,22). The summed E-state index contributed by atoms with van der Waals surface area (Å²) < 4.78 is 40.6. The molecule has 0 saturated carbocycles. The molecule has 0 spiro atoms. The molecule has 1 unspecified atom stereocenters. The van der Waals surface area contributed by atoms with Crippen LogP contribution in [0.2, 0.25) is 0 Å². The van der Waals surface area contributed by atoms with E-state index in [9.17, 15) is 13.2 Å². The summed E-state index contributed by atoms with van der Waals surface area (Å²) in [5.74, 6) is 0.271. The Morgan fingerprint density at radius 2 is 2.11 bits per heavy atom. The van der Waals surface area contributed by atoms with Crippen LogP contribution in [0.4, 0.5) is 0 Å². The number of ether oxygens (including phenoxy) is 3. The maximum atomic E-state index is 12.0. The lowest BCUT2D eigenvalue weighted by molar-refractivity contribution is -0.118.